The van der Waals surface area contributed by atoms with Crippen LogP contribution in [0.2, 0.25) is 0 Å². The molecule has 1 saturated carbocycles. The van der Waals surface area contributed by atoms with E-state index in [1.54, 1.807) is 0 Å². The number of aliphatic carboxylic acids is 2. The number of carboxylic acids is 2. The molecule has 1 heterocycles. The first-order valence-corrected chi connectivity index (χ1v) is 8.78. The number of hydrogen-bond donors (Lipinski definition) is 3. The lowest BCUT2D eigenvalue weighted by molar-refractivity contribution is -0.544. The van der Waals surface area contributed by atoms with E-state index in [2.05, 4.69) is 5.48 Å². The molecular weight excluding hydrogens is 350 g/mol. The number of carbonyl (C=O) groups is 2. The third-order valence-corrected chi connectivity index (χ3v) is 4.47. The summed E-state index contributed by atoms with van der Waals surface area (Å²) in [5.41, 5.74) is 1.89. The minimum Gasteiger partial charge on any atom is -0.481 e. The van der Waals surface area contributed by atoms with E-state index in [4.69, 9.17) is 34.6 Å². The third kappa shape index (κ3) is 6.15. The van der Waals surface area contributed by atoms with Gasteiger partial charge in [-0.05, 0) is 39.5 Å². The molecule has 0 bridgehead atoms. The first kappa shape index (κ1) is 21.0. The molecule has 0 aromatic carbocycles. The Balaban J connectivity index is 2.17. The highest BCUT2D eigenvalue weighted by molar-refractivity contribution is 5.67. The van der Waals surface area contributed by atoms with Gasteiger partial charge in [-0.25, -0.2) is 4.89 Å². The molecule has 2 unspecified atom stereocenters. The Kier molecular flexibility index (Phi) is 6.94. The van der Waals surface area contributed by atoms with Crippen molar-refractivity contribution in [2.45, 2.75) is 88.9 Å². The van der Waals surface area contributed by atoms with Gasteiger partial charge in [0.1, 0.15) is 0 Å². The quantitative estimate of drug-likeness (QED) is 0.592. The summed E-state index contributed by atoms with van der Waals surface area (Å²) < 4.78 is 0. The number of hydrogen-bond acceptors (Lipinski definition) is 8. The lowest BCUT2D eigenvalue weighted by Gasteiger charge is -2.37. The third-order valence-electron chi connectivity index (χ3n) is 4.47. The van der Waals surface area contributed by atoms with Crippen molar-refractivity contribution in [3.8, 4) is 0 Å². The van der Waals surface area contributed by atoms with Crippen LogP contribution in [-0.4, -0.2) is 39.5 Å². The van der Waals surface area contributed by atoms with Crippen LogP contribution >= 0.6 is 0 Å². The second-order valence-electron chi connectivity index (χ2n) is 7.15. The largest absolute Gasteiger partial charge is 0.481 e. The predicted octanol–water partition coefficient (Wildman–Crippen LogP) is 2.24. The standard InChI is InChI=1S/C16H27NO9/c1-14(10-6-12(18)19)22-17-16(8-4-3-5-9-16)26-25-15(2,24-23-14)11-7-13(20)21/h17H,3-11H2,1-2H3,(H,18,19)(H,20,21). The van der Waals surface area contributed by atoms with E-state index in [0.29, 0.717) is 12.8 Å². The fourth-order valence-corrected chi connectivity index (χ4v) is 2.75. The molecule has 150 valence electrons. The maximum atomic E-state index is 10.9. The molecule has 2 aliphatic rings. The molecule has 1 saturated heterocycles. The molecule has 3 N–H and O–H groups in total. The number of rotatable bonds is 6. The first-order chi connectivity index (χ1) is 12.2. The zero-order valence-electron chi connectivity index (χ0n) is 15.1. The molecule has 26 heavy (non-hydrogen) atoms. The van der Waals surface area contributed by atoms with Crippen LogP contribution in [0.1, 0.15) is 71.6 Å². The van der Waals surface area contributed by atoms with Gasteiger partial charge in [-0.15, -0.1) is 0 Å². The molecule has 2 atom stereocenters. The van der Waals surface area contributed by atoms with Crippen LogP contribution in [-0.2, 0) is 34.0 Å². The van der Waals surface area contributed by atoms with Crippen LogP contribution in [0.5, 0.6) is 0 Å². The van der Waals surface area contributed by atoms with E-state index < -0.39 is 29.2 Å². The lowest BCUT2D eigenvalue weighted by atomic mass is 9.92. The highest BCUT2D eigenvalue weighted by Crippen LogP contribution is 2.36. The smallest absolute Gasteiger partial charge is 0.303 e. The lowest BCUT2D eigenvalue weighted by Crippen LogP contribution is -2.52. The van der Waals surface area contributed by atoms with E-state index >= 15 is 0 Å². The molecule has 0 amide bonds. The fourth-order valence-electron chi connectivity index (χ4n) is 2.75. The highest BCUT2D eigenvalue weighted by atomic mass is 17.3. The molecule has 2 fully saturated rings. The van der Waals surface area contributed by atoms with Gasteiger partial charge in [0.15, 0.2) is 5.72 Å². The van der Waals surface area contributed by atoms with Gasteiger partial charge in [0.25, 0.3) is 0 Å². The molecule has 0 aromatic rings. The van der Waals surface area contributed by atoms with Gasteiger partial charge in [-0.3, -0.25) is 14.4 Å². The Morgan fingerprint density at radius 3 is 1.92 bits per heavy atom. The van der Waals surface area contributed by atoms with Crippen molar-refractivity contribution in [2.24, 2.45) is 0 Å². The summed E-state index contributed by atoms with van der Waals surface area (Å²) in [7, 11) is 0. The van der Waals surface area contributed by atoms with Crippen LogP contribution in [0.15, 0.2) is 0 Å². The van der Waals surface area contributed by atoms with Gasteiger partial charge in [-0.2, -0.15) is 20.1 Å². The molecule has 1 aliphatic heterocycles. The summed E-state index contributed by atoms with van der Waals surface area (Å²) in [6, 6.07) is 0. The van der Waals surface area contributed by atoms with Crippen molar-refractivity contribution < 1.29 is 44.2 Å². The van der Waals surface area contributed by atoms with Crippen LogP contribution in [0.4, 0.5) is 0 Å². The Morgan fingerprint density at radius 2 is 1.35 bits per heavy atom. The van der Waals surface area contributed by atoms with E-state index in [1.807, 2.05) is 0 Å². The Hall–Kier alpha value is -1.30. The topological polar surface area (TPSA) is 133 Å². The number of nitrogens with one attached hydrogen (secondary N) is 1. The summed E-state index contributed by atoms with van der Waals surface area (Å²) in [6.07, 6.45) is 3.57. The van der Waals surface area contributed by atoms with E-state index in [1.165, 1.54) is 13.8 Å². The second-order valence-corrected chi connectivity index (χ2v) is 7.15. The molecular formula is C16H27NO9. The Labute approximate surface area is 151 Å². The van der Waals surface area contributed by atoms with Crippen LogP contribution in [0.3, 0.4) is 0 Å². The van der Waals surface area contributed by atoms with E-state index in [9.17, 15) is 9.59 Å². The summed E-state index contributed by atoms with van der Waals surface area (Å²) in [5.74, 6) is -4.95. The van der Waals surface area contributed by atoms with Crippen LogP contribution in [0.25, 0.3) is 0 Å². The molecule has 0 radical (unpaired) electrons. The number of hydroxylamine groups is 1. The van der Waals surface area contributed by atoms with Gasteiger partial charge >= 0.3 is 11.9 Å². The van der Waals surface area contributed by atoms with Crippen LogP contribution in [0, 0.1) is 0 Å². The minimum absolute atomic E-state index is 0.000421. The van der Waals surface area contributed by atoms with Gasteiger partial charge in [-0.1, -0.05) is 6.42 Å². The zero-order chi connectivity index (χ0) is 19.3. The van der Waals surface area contributed by atoms with Gasteiger partial charge in [0.2, 0.25) is 11.6 Å². The van der Waals surface area contributed by atoms with Gasteiger partial charge < -0.3 is 10.2 Å². The summed E-state index contributed by atoms with van der Waals surface area (Å²) in [6.45, 7) is 3.03. The summed E-state index contributed by atoms with van der Waals surface area (Å²) >= 11 is 0. The molecule has 1 aliphatic carbocycles. The van der Waals surface area contributed by atoms with Crippen molar-refractivity contribution in [1.29, 1.82) is 0 Å². The van der Waals surface area contributed by atoms with Gasteiger partial charge in [0.05, 0.1) is 12.8 Å². The average Bonchev–Trinajstić information content (AvgIpc) is 2.65. The highest BCUT2D eigenvalue weighted by Gasteiger charge is 2.45. The molecule has 0 aromatic heterocycles. The maximum Gasteiger partial charge on any atom is 0.303 e. The Morgan fingerprint density at radius 1 is 0.846 bits per heavy atom. The summed E-state index contributed by atoms with van der Waals surface area (Å²) in [4.78, 5) is 49.2. The number of carboxylic acid groups (broad SMARTS) is 2. The molecule has 1 spiro atoms. The normalized spacial score (nSPS) is 32.4. The zero-order valence-corrected chi connectivity index (χ0v) is 15.1. The van der Waals surface area contributed by atoms with Crippen molar-refractivity contribution in [3.05, 3.63) is 0 Å². The Bertz CT molecular complexity index is 470. The van der Waals surface area contributed by atoms with Crippen molar-refractivity contribution in [2.75, 3.05) is 0 Å². The SMILES string of the molecule is CC1(CCC(=O)O)ONC2(CCCCC2)OOC(C)(CCC(=O)O)OO1. The summed E-state index contributed by atoms with van der Waals surface area (Å²) in [5, 5.41) is 17.9. The van der Waals surface area contributed by atoms with Crippen molar-refractivity contribution in [1.82, 2.24) is 5.48 Å². The van der Waals surface area contributed by atoms with Gasteiger partial charge in [0, 0.05) is 12.8 Å². The molecule has 2 rings (SSSR count). The first-order valence-electron chi connectivity index (χ1n) is 8.78. The maximum absolute atomic E-state index is 10.9. The van der Waals surface area contributed by atoms with E-state index in [0.717, 1.165) is 19.3 Å². The van der Waals surface area contributed by atoms with Crippen molar-refractivity contribution in [3.63, 3.8) is 0 Å². The fraction of sp³-hybridized carbons (Fsp3) is 0.875. The minimum atomic E-state index is -1.50. The monoisotopic (exact) mass is 377 g/mol. The molecule has 10 heteroatoms. The molecule has 10 nitrogen and oxygen atoms in total. The predicted molar refractivity (Wildman–Crippen MR) is 84.9 cm³/mol. The van der Waals surface area contributed by atoms with Crippen molar-refractivity contribution >= 4 is 11.9 Å². The second kappa shape index (κ2) is 8.59. The van der Waals surface area contributed by atoms with Crippen LogP contribution < -0.4 is 5.48 Å². The van der Waals surface area contributed by atoms with E-state index in [-0.39, 0.29) is 25.7 Å². The average molecular weight is 377 g/mol.